The van der Waals surface area contributed by atoms with Gasteiger partial charge in [0.25, 0.3) is 0 Å². The molecule has 0 aromatic carbocycles. The largest absolute Gasteiger partial charge is 0.396 e. The van der Waals surface area contributed by atoms with Gasteiger partial charge in [-0.3, -0.25) is 19.3 Å². The van der Waals surface area contributed by atoms with E-state index in [9.17, 15) is 14.4 Å². The molecule has 2 N–H and O–H groups in total. The van der Waals surface area contributed by atoms with E-state index in [1.807, 2.05) is 0 Å². The van der Waals surface area contributed by atoms with Crippen LogP contribution in [0.25, 0.3) is 0 Å². The molecule has 0 bridgehead atoms. The summed E-state index contributed by atoms with van der Waals surface area (Å²) < 4.78 is 6.70. The van der Waals surface area contributed by atoms with Crippen LogP contribution in [0.3, 0.4) is 0 Å². The fourth-order valence-corrected chi connectivity index (χ4v) is 3.14. The summed E-state index contributed by atoms with van der Waals surface area (Å²) in [5.41, 5.74) is 0. The van der Waals surface area contributed by atoms with Gasteiger partial charge in [0.2, 0.25) is 19.2 Å². The molecule has 6 nitrogen and oxygen atoms in total. The topological polar surface area (TPSA) is 86.7 Å². The highest BCUT2D eigenvalue weighted by molar-refractivity contribution is 6.03. The van der Waals surface area contributed by atoms with Gasteiger partial charge in [0.15, 0.2) is 0 Å². The van der Waals surface area contributed by atoms with Crippen molar-refractivity contribution < 1.29 is 19.5 Å². The highest BCUT2D eigenvalue weighted by Gasteiger charge is 2.39. The lowest BCUT2D eigenvalue weighted by molar-refractivity contribution is -0.141. The van der Waals surface area contributed by atoms with E-state index < -0.39 is 5.92 Å². The van der Waals surface area contributed by atoms with Gasteiger partial charge < -0.3 is 10.4 Å². The zero-order valence-electron chi connectivity index (χ0n) is 12.8. The predicted molar refractivity (Wildman–Crippen MR) is 71.4 cm³/mol. The first-order valence-electron chi connectivity index (χ1n) is 7.61. The summed E-state index contributed by atoms with van der Waals surface area (Å²) in [6.07, 6.45) is 3.47. The summed E-state index contributed by atoms with van der Waals surface area (Å²) in [6.45, 7) is 0.414. The van der Waals surface area contributed by atoms with Gasteiger partial charge in [0.05, 0.1) is 12.5 Å². The lowest BCUT2D eigenvalue weighted by atomic mass is 9.81. The molecule has 0 aromatic heterocycles. The van der Waals surface area contributed by atoms with Crippen molar-refractivity contribution in [2.24, 2.45) is 17.8 Å². The van der Waals surface area contributed by atoms with Crippen LogP contribution in [0.1, 0.15) is 32.1 Å². The average molecular weight is 283 g/mol. The first-order valence-corrected chi connectivity index (χ1v) is 7.20. The predicted octanol–water partition coefficient (Wildman–Crippen LogP) is -0.0938. The van der Waals surface area contributed by atoms with Crippen LogP contribution in [0.15, 0.2) is 0 Å². The maximum absolute atomic E-state index is 12.1. The lowest BCUT2D eigenvalue weighted by Gasteiger charge is -2.29. The zero-order chi connectivity index (χ0) is 15.4. The number of imide groups is 1. The Bertz CT molecular complexity index is 421. The number of hydrogen-bond donors (Lipinski definition) is 2. The van der Waals surface area contributed by atoms with E-state index in [0.717, 1.165) is 25.7 Å². The van der Waals surface area contributed by atoms with Crippen molar-refractivity contribution in [3.63, 3.8) is 0 Å². The summed E-state index contributed by atoms with van der Waals surface area (Å²) in [7, 11) is 1.64. The molecule has 112 valence electrons. The number of aliphatic hydroxyl groups excluding tert-OH is 1. The minimum absolute atomic E-state index is 0.0233. The smallest absolute Gasteiger partial charge is 0.235 e. The Morgan fingerprint density at radius 1 is 1.40 bits per heavy atom. The summed E-state index contributed by atoms with van der Waals surface area (Å²) in [6, 6.07) is 0. The Kier molecular flexibility index (Phi) is 4.30. The zero-order valence-corrected chi connectivity index (χ0v) is 11.8. The van der Waals surface area contributed by atoms with Crippen molar-refractivity contribution in [3.05, 3.63) is 0 Å². The molecule has 1 atom stereocenters. The average Bonchev–Trinajstić information content (AvgIpc) is 2.75. The maximum atomic E-state index is 12.1. The molecule has 0 aromatic rings. The molecular formula is C14H22N2O4. The number of amides is 3. The van der Waals surface area contributed by atoms with Gasteiger partial charge in [-0.25, -0.2) is 0 Å². The Balaban J connectivity index is 1.85. The van der Waals surface area contributed by atoms with E-state index in [1.165, 1.54) is 4.90 Å². The van der Waals surface area contributed by atoms with E-state index in [4.69, 9.17) is 1.43 Å². The molecule has 1 saturated heterocycles. The van der Waals surface area contributed by atoms with Crippen LogP contribution in [0.5, 0.6) is 0 Å². The number of likely N-dealkylation sites (tertiary alicyclic amines) is 1. The Morgan fingerprint density at radius 3 is 2.70 bits per heavy atom. The first-order chi connectivity index (χ1) is 10.1. The minimum Gasteiger partial charge on any atom is -0.396 e. The quantitative estimate of drug-likeness (QED) is 0.690. The highest BCUT2D eigenvalue weighted by Crippen LogP contribution is 2.31. The molecule has 1 heterocycles. The third-order valence-electron chi connectivity index (χ3n) is 4.44. The highest BCUT2D eigenvalue weighted by atomic mass is 16.3. The van der Waals surface area contributed by atoms with Crippen LogP contribution in [-0.4, -0.2) is 49.4 Å². The second-order valence-corrected chi connectivity index (χ2v) is 5.74. The molecule has 3 amide bonds. The van der Waals surface area contributed by atoms with Gasteiger partial charge in [-0.1, -0.05) is 0 Å². The van der Waals surface area contributed by atoms with E-state index in [1.54, 1.807) is 7.05 Å². The number of hydrogen-bond acceptors (Lipinski definition) is 4. The number of carbonyl (C=O) groups excluding carboxylic acids is 3. The third kappa shape index (κ3) is 3.00. The molecule has 2 rings (SSSR count). The molecule has 20 heavy (non-hydrogen) atoms. The molecule has 1 unspecified atom stereocenters. The van der Waals surface area contributed by atoms with E-state index in [2.05, 4.69) is 10.4 Å². The van der Waals surface area contributed by atoms with Gasteiger partial charge in [-0.2, -0.15) is 0 Å². The number of nitrogens with zero attached hydrogens (tertiary/aromatic N) is 1. The molecule has 0 spiro atoms. The molecule has 1 aliphatic heterocycles. The number of aliphatic hydroxyl groups is 1. The molecule has 0 radical (unpaired) electrons. The second-order valence-electron chi connectivity index (χ2n) is 5.74. The van der Waals surface area contributed by atoms with Gasteiger partial charge in [0, 0.05) is 25.9 Å². The lowest BCUT2D eigenvalue weighted by Crippen LogP contribution is -2.38. The first kappa shape index (κ1) is 13.5. The number of carbonyl (C=O) groups is 3. The summed E-state index contributed by atoms with van der Waals surface area (Å²) in [5, 5.41) is 6.91. The van der Waals surface area contributed by atoms with E-state index >= 15 is 0 Å². The van der Waals surface area contributed by atoms with Crippen molar-refractivity contribution in [2.45, 2.75) is 32.1 Å². The van der Waals surface area contributed by atoms with Crippen molar-refractivity contribution in [2.75, 3.05) is 20.2 Å². The van der Waals surface area contributed by atoms with Crippen molar-refractivity contribution in [1.29, 1.82) is 1.43 Å². The fraction of sp³-hybridized carbons (Fsp3) is 0.786. The van der Waals surface area contributed by atoms with Crippen molar-refractivity contribution >= 4 is 17.7 Å². The van der Waals surface area contributed by atoms with Gasteiger partial charge >= 0.3 is 0 Å². The summed E-state index contributed by atoms with van der Waals surface area (Å²) in [5.74, 6) is -0.488. The molecule has 1 saturated carbocycles. The van der Waals surface area contributed by atoms with Gasteiger partial charge in [0.1, 0.15) is 0 Å². The number of rotatable bonds is 5. The molecule has 6 heteroatoms. The van der Waals surface area contributed by atoms with Crippen LogP contribution in [0.2, 0.25) is 0 Å². The fourth-order valence-electron chi connectivity index (χ4n) is 3.14. The minimum atomic E-state index is -0.503. The third-order valence-corrected chi connectivity index (χ3v) is 4.44. The van der Waals surface area contributed by atoms with Crippen LogP contribution < -0.4 is 5.32 Å². The molecule has 1 aliphatic carbocycles. The number of nitrogens with one attached hydrogen (secondary N) is 1. The molecular weight excluding hydrogens is 260 g/mol. The monoisotopic (exact) mass is 283 g/mol. The van der Waals surface area contributed by atoms with Gasteiger partial charge in [-0.05, 0) is 31.6 Å². The van der Waals surface area contributed by atoms with E-state index in [-0.39, 0.29) is 42.6 Å². The molecule has 2 aliphatic rings. The normalized spacial score (nSPS) is 31.4. The van der Waals surface area contributed by atoms with Crippen LogP contribution in [-0.2, 0) is 14.4 Å². The molecule has 2 fully saturated rings. The second kappa shape index (κ2) is 6.35. The Morgan fingerprint density at radius 2 is 2.10 bits per heavy atom. The van der Waals surface area contributed by atoms with Gasteiger partial charge in [-0.15, -0.1) is 0 Å². The summed E-state index contributed by atoms with van der Waals surface area (Å²) in [4.78, 5) is 36.9. The summed E-state index contributed by atoms with van der Waals surface area (Å²) >= 11 is 0. The van der Waals surface area contributed by atoms with Crippen LogP contribution in [0.4, 0.5) is 0 Å². The van der Waals surface area contributed by atoms with Crippen molar-refractivity contribution in [1.82, 2.24) is 10.2 Å². The van der Waals surface area contributed by atoms with Crippen molar-refractivity contribution in [3.8, 4) is 0 Å². The van der Waals surface area contributed by atoms with E-state index in [0.29, 0.717) is 6.54 Å². The maximum Gasteiger partial charge on any atom is 0.235 e. The SMILES string of the molecule is [2H]OCC1CC(=O)N(CC2CCC(C(=O)NC)CC2)C1=O. The Labute approximate surface area is 120 Å². The standard InChI is InChI=1S/C14H22N2O4/c1-15-13(19)10-4-2-9(3-5-10)7-16-12(18)6-11(8-17)14(16)20/h9-11,17H,2-8H2,1H3,(H,15,19)/i17D. The van der Waals surface area contributed by atoms with Crippen LogP contribution in [0, 0.1) is 17.8 Å². The Hall–Kier alpha value is -1.43. The van der Waals surface area contributed by atoms with Crippen LogP contribution >= 0.6 is 0 Å².